The van der Waals surface area contributed by atoms with Crippen LogP contribution in [0.2, 0.25) is 5.02 Å². The van der Waals surface area contributed by atoms with Gasteiger partial charge in [0.25, 0.3) is 5.56 Å². The highest BCUT2D eigenvalue weighted by Crippen LogP contribution is 2.38. The zero-order valence-electron chi connectivity index (χ0n) is 24.2. The lowest BCUT2D eigenvalue weighted by molar-refractivity contribution is -0.139. The standard InChI is InChI=1S/C32H27ClI2N2O6S/c1-5-42-31(39)27-17(2)36-32-37(28(27)21-15-20(40-3)10-11-25(21)41-4)30(38)26(44-32)14-18-12-23(34)29(24(35)13-18)43-16-19-8-6-7-9-22(19)33/h6-15,28H,5,16H2,1-4H3/b26-14+/t28-/m0/s1. The van der Waals surface area contributed by atoms with Crippen LogP contribution >= 0.6 is 68.1 Å². The van der Waals surface area contributed by atoms with Gasteiger partial charge in [0.1, 0.15) is 29.9 Å². The fourth-order valence-corrected chi connectivity index (χ4v) is 8.22. The molecule has 0 aliphatic carbocycles. The fraction of sp³-hybridized carbons (Fsp3) is 0.219. The molecule has 3 aromatic carbocycles. The van der Waals surface area contributed by atoms with Crippen LogP contribution in [-0.2, 0) is 16.1 Å². The van der Waals surface area contributed by atoms with Crippen LogP contribution in [-0.4, -0.2) is 31.4 Å². The third-order valence-electron chi connectivity index (χ3n) is 6.90. The number of benzene rings is 3. The maximum Gasteiger partial charge on any atom is 0.338 e. The van der Waals surface area contributed by atoms with E-state index in [1.165, 1.54) is 15.9 Å². The van der Waals surface area contributed by atoms with Gasteiger partial charge in [-0.15, -0.1) is 0 Å². The number of aromatic nitrogens is 1. The van der Waals surface area contributed by atoms with E-state index < -0.39 is 12.0 Å². The summed E-state index contributed by atoms with van der Waals surface area (Å²) in [5.74, 6) is 1.25. The van der Waals surface area contributed by atoms with Crippen molar-refractivity contribution in [2.75, 3.05) is 20.8 Å². The van der Waals surface area contributed by atoms with Crippen LogP contribution < -0.4 is 29.1 Å². The average Bonchev–Trinajstić information content (AvgIpc) is 3.30. The van der Waals surface area contributed by atoms with Crippen LogP contribution in [0.3, 0.4) is 0 Å². The molecule has 0 unspecified atom stereocenters. The van der Waals surface area contributed by atoms with Crippen molar-refractivity contribution >= 4 is 80.2 Å². The topological polar surface area (TPSA) is 88.4 Å². The Hall–Kier alpha value is -2.88. The lowest BCUT2D eigenvalue weighted by Crippen LogP contribution is -2.40. The number of fused-ring (bicyclic) bond motifs is 1. The second-order valence-corrected chi connectivity index (χ2v) is 13.3. The van der Waals surface area contributed by atoms with E-state index in [1.54, 1.807) is 46.3 Å². The van der Waals surface area contributed by atoms with Crippen molar-refractivity contribution in [2.24, 2.45) is 4.99 Å². The molecule has 0 N–H and O–H groups in total. The molecule has 5 rings (SSSR count). The first-order valence-electron chi connectivity index (χ1n) is 13.4. The highest BCUT2D eigenvalue weighted by Gasteiger charge is 2.35. The summed E-state index contributed by atoms with van der Waals surface area (Å²) >= 11 is 12.0. The van der Waals surface area contributed by atoms with E-state index in [1.807, 2.05) is 42.5 Å². The average molecular weight is 857 g/mol. The molecule has 0 saturated carbocycles. The van der Waals surface area contributed by atoms with Gasteiger partial charge in [0.15, 0.2) is 4.80 Å². The monoisotopic (exact) mass is 856 g/mol. The van der Waals surface area contributed by atoms with Crippen molar-refractivity contribution in [3.63, 3.8) is 0 Å². The lowest BCUT2D eigenvalue weighted by atomic mass is 9.94. The molecule has 44 heavy (non-hydrogen) atoms. The summed E-state index contributed by atoms with van der Waals surface area (Å²) in [4.78, 5) is 32.5. The second-order valence-electron chi connectivity index (χ2n) is 9.60. The number of carbonyl (C=O) groups is 1. The van der Waals surface area contributed by atoms with Gasteiger partial charge >= 0.3 is 5.97 Å². The number of nitrogens with zero attached hydrogens (tertiary/aromatic N) is 2. The molecule has 1 atom stereocenters. The van der Waals surface area contributed by atoms with Crippen LogP contribution in [0.4, 0.5) is 0 Å². The van der Waals surface area contributed by atoms with E-state index in [9.17, 15) is 9.59 Å². The first-order chi connectivity index (χ1) is 21.2. The molecule has 0 fully saturated rings. The zero-order valence-corrected chi connectivity index (χ0v) is 30.0. The molecule has 0 radical (unpaired) electrons. The molecule has 12 heteroatoms. The second kappa shape index (κ2) is 14.0. The predicted octanol–water partition coefficient (Wildman–Crippen LogP) is 6.26. The molecule has 1 aromatic heterocycles. The van der Waals surface area contributed by atoms with Crippen molar-refractivity contribution < 1.29 is 23.7 Å². The largest absolute Gasteiger partial charge is 0.497 e. The smallest absolute Gasteiger partial charge is 0.338 e. The van der Waals surface area contributed by atoms with Crippen LogP contribution in [0.15, 0.2) is 75.7 Å². The normalized spacial score (nSPS) is 14.6. The first kappa shape index (κ1) is 32.5. The molecule has 8 nitrogen and oxygen atoms in total. The third-order valence-corrected chi connectivity index (χ3v) is 9.85. The van der Waals surface area contributed by atoms with E-state index in [0.29, 0.717) is 43.7 Å². The van der Waals surface area contributed by atoms with Gasteiger partial charge in [-0.25, -0.2) is 9.79 Å². The number of carbonyl (C=O) groups excluding carboxylic acids is 1. The number of hydrogen-bond acceptors (Lipinski definition) is 8. The summed E-state index contributed by atoms with van der Waals surface area (Å²) in [6.45, 7) is 3.99. The maximum absolute atomic E-state index is 14.1. The number of rotatable bonds is 9. The third kappa shape index (κ3) is 6.56. The van der Waals surface area contributed by atoms with Crippen LogP contribution in [0.5, 0.6) is 17.2 Å². The highest BCUT2D eigenvalue weighted by molar-refractivity contribution is 14.1. The van der Waals surface area contributed by atoms with Gasteiger partial charge in [0.05, 0.1) is 43.8 Å². The SMILES string of the molecule is CCOC(=O)C1=C(C)N=c2s/c(=C/c3cc(I)c(OCc4ccccc4Cl)c(I)c3)c(=O)n2[C@H]1c1cc(OC)ccc1OC. The van der Waals surface area contributed by atoms with E-state index in [2.05, 4.69) is 50.2 Å². The van der Waals surface area contributed by atoms with Gasteiger partial charge in [-0.3, -0.25) is 9.36 Å². The van der Waals surface area contributed by atoms with E-state index >= 15 is 0 Å². The van der Waals surface area contributed by atoms with Gasteiger partial charge in [0.2, 0.25) is 0 Å². The predicted molar refractivity (Wildman–Crippen MR) is 188 cm³/mol. The highest BCUT2D eigenvalue weighted by atomic mass is 127. The number of thiazole rings is 1. The molecule has 2 heterocycles. The Bertz CT molecular complexity index is 1950. The van der Waals surface area contributed by atoms with E-state index in [4.69, 9.17) is 30.5 Å². The summed E-state index contributed by atoms with van der Waals surface area (Å²) in [5, 5.41) is 0.649. The van der Waals surface area contributed by atoms with Crippen molar-refractivity contribution in [2.45, 2.75) is 26.5 Å². The van der Waals surface area contributed by atoms with E-state index in [-0.39, 0.29) is 17.7 Å². The Morgan fingerprint density at radius 3 is 2.48 bits per heavy atom. The number of allylic oxidation sites excluding steroid dienone is 1. The molecule has 0 saturated heterocycles. The number of esters is 1. The number of hydrogen-bond donors (Lipinski definition) is 0. The lowest BCUT2D eigenvalue weighted by Gasteiger charge is -2.26. The molecular weight excluding hydrogens is 830 g/mol. The summed E-state index contributed by atoms with van der Waals surface area (Å²) < 4.78 is 26.5. The minimum Gasteiger partial charge on any atom is -0.497 e. The van der Waals surface area contributed by atoms with Gasteiger partial charge in [-0.2, -0.15) is 0 Å². The van der Waals surface area contributed by atoms with Crippen molar-refractivity contribution in [1.82, 2.24) is 4.57 Å². The van der Waals surface area contributed by atoms with Crippen molar-refractivity contribution in [3.05, 3.63) is 114 Å². The fourth-order valence-electron chi connectivity index (χ4n) is 4.86. The first-order valence-corrected chi connectivity index (χ1v) is 16.8. The minimum absolute atomic E-state index is 0.178. The Kier molecular flexibility index (Phi) is 10.4. The summed E-state index contributed by atoms with van der Waals surface area (Å²) in [6, 6.07) is 15.9. The number of halogens is 3. The molecule has 228 valence electrons. The van der Waals surface area contributed by atoms with Gasteiger partial charge < -0.3 is 18.9 Å². The summed E-state index contributed by atoms with van der Waals surface area (Å²) in [5.41, 5.74) is 2.75. The van der Waals surface area contributed by atoms with Crippen LogP contribution in [0.25, 0.3) is 6.08 Å². The Morgan fingerprint density at radius 2 is 1.82 bits per heavy atom. The Morgan fingerprint density at radius 1 is 1.09 bits per heavy atom. The van der Waals surface area contributed by atoms with Crippen molar-refractivity contribution in [1.29, 1.82) is 0 Å². The van der Waals surface area contributed by atoms with E-state index in [0.717, 1.165) is 24.0 Å². The molecule has 4 aromatic rings. The molecule has 1 aliphatic heterocycles. The van der Waals surface area contributed by atoms with Crippen LogP contribution in [0, 0.1) is 7.14 Å². The quantitative estimate of drug-likeness (QED) is 0.146. The molecule has 0 spiro atoms. The summed E-state index contributed by atoms with van der Waals surface area (Å²) in [7, 11) is 3.10. The number of methoxy groups -OCH3 is 2. The molecule has 1 aliphatic rings. The van der Waals surface area contributed by atoms with Crippen molar-refractivity contribution in [3.8, 4) is 17.2 Å². The van der Waals surface area contributed by atoms with Crippen LogP contribution in [0.1, 0.15) is 36.6 Å². The van der Waals surface area contributed by atoms with Gasteiger partial charge in [-0.1, -0.05) is 41.1 Å². The summed E-state index contributed by atoms with van der Waals surface area (Å²) in [6.07, 6.45) is 1.83. The zero-order chi connectivity index (χ0) is 31.5. The molecule has 0 amide bonds. The van der Waals surface area contributed by atoms with Gasteiger partial charge in [0, 0.05) is 16.1 Å². The molecular formula is C32H27ClI2N2O6S. The Labute approximate surface area is 290 Å². The minimum atomic E-state index is -0.835. The molecule has 0 bridgehead atoms. The van der Waals surface area contributed by atoms with Gasteiger partial charge in [-0.05, 0) is 107 Å². The Balaban J connectivity index is 1.61. The maximum atomic E-state index is 14.1. The number of ether oxygens (including phenoxy) is 4.